The minimum absolute atomic E-state index is 0.0797. The van der Waals surface area contributed by atoms with Gasteiger partial charge in [0.05, 0.1) is 0 Å². The summed E-state index contributed by atoms with van der Waals surface area (Å²) in [4.78, 5) is 4.08. The first kappa shape index (κ1) is 5.35. The van der Waals surface area contributed by atoms with Gasteiger partial charge in [-0.2, -0.15) is 0 Å². The predicted molar refractivity (Wildman–Crippen MR) is 56.2 cm³/mol. The van der Waals surface area contributed by atoms with Gasteiger partial charge in [-0.3, -0.25) is 0 Å². The maximum atomic E-state index is 7.32. The van der Waals surface area contributed by atoms with Gasteiger partial charge in [0.15, 0.2) is 0 Å². The highest BCUT2D eigenvalue weighted by Gasteiger charge is 2.05. The lowest BCUT2D eigenvalue weighted by Gasteiger charge is -1.91. The van der Waals surface area contributed by atoms with Crippen LogP contribution < -0.4 is 10.6 Å². The van der Waals surface area contributed by atoms with Crippen LogP contribution in [0.5, 0.6) is 0 Å². The third-order valence-electron chi connectivity index (χ3n) is 2.47. The molecular formula is C12H11NO. The molecule has 0 atom stereocenters. The molecule has 2 aromatic heterocycles. The number of rotatable bonds is 0. The first-order valence-corrected chi connectivity index (χ1v) is 4.66. The van der Waals surface area contributed by atoms with Gasteiger partial charge >= 0.3 is 0 Å². The highest BCUT2D eigenvalue weighted by molar-refractivity contribution is 5.76. The van der Waals surface area contributed by atoms with E-state index in [0.717, 1.165) is 28.9 Å². The van der Waals surface area contributed by atoms with Crippen molar-refractivity contribution in [3.63, 3.8) is 0 Å². The highest BCUT2D eigenvalue weighted by atomic mass is 16.3. The first-order chi connectivity index (χ1) is 8.05. The standard InChI is InChI=1S/C12H11NO/c1-8-6-7-10-9-4-2-3-5-11(9)14-12(10)13-8/h4-7H,2-3H2,1H3/i1D3. The minimum atomic E-state index is -2.19. The van der Waals surface area contributed by atoms with Gasteiger partial charge in [0.2, 0.25) is 5.71 Å². The second kappa shape index (κ2) is 2.71. The van der Waals surface area contributed by atoms with E-state index in [2.05, 4.69) is 11.1 Å². The van der Waals surface area contributed by atoms with Crippen LogP contribution in [0.1, 0.15) is 22.6 Å². The summed E-state index contributed by atoms with van der Waals surface area (Å²) in [6.45, 7) is -2.19. The molecule has 2 nitrogen and oxygen atoms in total. The lowest BCUT2D eigenvalue weighted by Crippen LogP contribution is -2.21. The number of hydrogen-bond acceptors (Lipinski definition) is 2. The molecule has 2 heterocycles. The summed E-state index contributed by atoms with van der Waals surface area (Å²) in [7, 11) is 0. The maximum absolute atomic E-state index is 7.32. The molecule has 0 unspecified atom stereocenters. The van der Waals surface area contributed by atoms with Crippen molar-refractivity contribution in [2.45, 2.75) is 19.7 Å². The maximum Gasteiger partial charge on any atom is 0.227 e. The molecule has 0 spiro atoms. The Bertz CT molecular complexity index is 697. The zero-order chi connectivity index (χ0) is 12.0. The number of hydrogen-bond donors (Lipinski definition) is 0. The number of nitrogens with zero attached hydrogens (tertiary/aromatic N) is 1. The van der Waals surface area contributed by atoms with E-state index in [1.807, 2.05) is 6.08 Å². The van der Waals surface area contributed by atoms with Crippen LogP contribution >= 0.6 is 0 Å². The number of fused-ring (bicyclic) bond motifs is 3. The van der Waals surface area contributed by atoms with Crippen LogP contribution in [0, 0.1) is 6.85 Å². The van der Waals surface area contributed by atoms with Crippen molar-refractivity contribution in [2.75, 3.05) is 0 Å². The molecule has 0 radical (unpaired) electrons. The van der Waals surface area contributed by atoms with Crippen molar-refractivity contribution in [1.29, 1.82) is 0 Å². The summed E-state index contributed by atoms with van der Waals surface area (Å²) in [5.41, 5.74) is 1.30. The molecule has 0 saturated heterocycles. The summed E-state index contributed by atoms with van der Waals surface area (Å²) < 4.78 is 27.6. The molecular weight excluding hydrogens is 174 g/mol. The largest absolute Gasteiger partial charge is 0.438 e. The van der Waals surface area contributed by atoms with E-state index < -0.39 is 6.85 Å². The molecule has 70 valence electrons. The Morgan fingerprint density at radius 3 is 3.21 bits per heavy atom. The molecule has 1 aliphatic rings. The molecule has 3 rings (SSSR count). The highest BCUT2D eigenvalue weighted by Crippen LogP contribution is 2.08. The number of aromatic nitrogens is 1. The molecule has 0 saturated carbocycles. The van der Waals surface area contributed by atoms with Crippen molar-refractivity contribution >= 4 is 23.3 Å². The van der Waals surface area contributed by atoms with Crippen molar-refractivity contribution in [3.8, 4) is 0 Å². The molecule has 1 aliphatic carbocycles. The van der Waals surface area contributed by atoms with Crippen LogP contribution in [-0.4, -0.2) is 4.98 Å². The van der Waals surface area contributed by atoms with Crippen molar-refractivity contribution in [2.24, 2.45) is 0 Å². The Morgan fingerprint density at radius 2 is 2.29 bits per heavy atom. The minimum Gasteiger partial charge on any atom is -0.438 e. The summed E-state index contributed by atoms with van der Waals surface area (Å²) in [6, 6.07) is 3.33. The third kappa shape index (κ3) is 1.00. The van der Waals surface area contributed by atoms with Gasteiger partial charge in [-0.15, -0.1) is 0 Å². The zero-order valence-corrected chi connectivity index (χ0v) is 7.58. The first-order valence-electron chi connectivity index (χ1n) is 6.16. The van der Waals surface area contributed by atoms with E-state index >= 15 is 0 Å². The van der Waals surface area contributed by atoms with Gasteiger partial charge in [0.1, 0.15) is 5.42 Å². The summed E-state index contributed by atoms with van der Waals surface area (Å²) in [6.07, 6.45) is 6.07. The Balaban J connectivity index is 2.34. The Labute approximate surface area is 85.8 Å². The van der Waals surface area contributed by atoms with E-state index in [-0.39, 0.29) is 5.69 Å². The summed E-state index contributed by atoms with van der Waals surface area (Å²) >= 11 is 0. The van der Waals surface area contributed by atoms with E-state index in [1.165, 1.54) is 0 Å². The number of pyridine rings is 1. The van der Waals surface area contributed by atoms with Crippen LogP contribution in [-0.2, 0) is 0 Å². The molecule has 0 aliphatic heterocycles. The summed E-state index contributed by atoms with van der Waals surface area (Å²) in [5, 5.41) is 1.93. The fraction of sp³-hybridized carbons (Fsp3) is 0.250. The summed E-state index contributed by atoms with van der Waals surface area (Å²) in [5.74, 6) is 0. The van der Waals surface area contributed by atoms with Gasteiger partial charge in [-0.25, -0.2) is 4.98 Å². The molecule has 0 aromatic carbocycles. The van der Waals surface area contributed by atoms with Gasteiger partial charge in [0, 0.05) is 20.4 Å². The fourth-order valence-corrected chi connectivity index (χ4v) is 1.82. The molecule has 0 N–H and O–H groups in total. The second-order valence-corrected chi connectivity index (χ2v) is 3.41. The topological polar surface area (TPSA) is 26.0 Å². The molecule has 2 heteroatoms. The Hall–Kier alpha value is -1.57. The average molecular weight is 188 g/mol. The smallest absolute Gasteiger partial charge is 0.227 e. The van der Waals surface area contributed by atoms with Crippen LogP contribution in [0.4, 0.5) is 0 Å². The van der Waals surface area contributed by atoms with E-state index in [0.29, 0.717) is 5.71 Å². The predicted octanol–water partition coefficient (Wildman–Crippen LogP) is 1.49. The Morgan fingerprint density at radius 1 is 1.36 bits per heavy atom. The van der Waals surface area contributed by atoms with Gasteiger partial charge in [-0.1, -0.05) is 6.08 Å². The number of aryl methyl sites for hydroxylation is 1. The fourth-order valence-electron chi connectivity index (χ4n) is 1.82. The quantitative estimate of drug-likeness (QED) is 0.626. The monoisotopic (exact) mass is 188 g/mol. The van der Waals surface area contributed by atoms with Crippen LogP contribution in [0.3, 0.4) is 0 Å². The van der Waals surface area contributed by atoms with Crippen molar-refractivity contribution in [3.05, 3.63) is 28.5 Å². The average Bonchev–Trinajstić information content (AvgIpc) is 2.65. The SMILES string of the molecule is [2H]C([2H])([2H])c1ccc2c3c(oc2n1)=CCCC=3. The van der Waals surface area contributed by atoms with Gasteiger partial charge < -0.3 is 4.42 Å². The van der Waals surface area contributed by atoms with Crippen molar-refractivity contribution < 1.29 is 8.53 Å². The lowest BCUT2D eigenvalue weighted by atomic mass is 10.1. The van der Waals surface area contributed by atoms with Crippen LogP contribution in [0.2, 0.25) is 0 Å². The lowest BCUT2D eigenvalue weighted by molar-refractivity contribution is 0.560. The van der Waals surface area contributed by atoms with Gasteiger partial charge in [-0.05, 0) is 37.9 Å². The van der Waals surface area contributed by atoms with Crippen molar-refractivity contribution in [1.82, 2.24) is 4.98 Å². The third-order valence-corrected chi connectivity index (χ3v) is 2.47. The van der Waals surface area contributed by atoms with Gasteiger partial charge in [0.25, 0.3) is 0 Å². The molecule has 2 aromatic rings. The van der Waals surface area contributed by atoms with E-state index in [9.17, 15) is 0 Å². The second-order valence-electron chi connectivity index (χ2n) is 3.41. The molecule has 0 fully saturated rings. The number of furan rings is 1. The normalized spacial score (nSPS) is 18.7. The van der Waals surface area contributed by atoms with Crippen LogP contribution in [0.25, 0.3) is 23.3 Å². The van der Waals surface area contributed by atoms with E-state index in [1.54, 1.807) is 12.1 Å². The van der Waals surface area contributed by atoms with E-state index in [4.69, 9.17) is 8.53 Å². The van der Waals surface area contributed by atoms with Crippen LogP contribution in [0.15, 0.2) is 16.5 Å². The zero-order valence-electron chi connectivity index (χ0n) is 10.6. The molecule has 0 amide bonds. The molecule has 0 bridgehead atoms. The molecule has 14 heavy (non-hydrogen) atoms. The Kier molecular flexibility index (Phi) is 1.03.